The highest BCUT2D eigenvalue weighted by Gasteiger charge is 2.62. The van der Waals surface area contributed by atoms with Gasteiger partial charge in [-0.15, -0.1) is 0 Å². The minimum atomic E-state index is -2.60. The minimum Gasteiger partial charge on any atom is -0.394 e. The smallest absolute Gasteiger partial charge is 0.217 e. The molecule has 121 heavy (non-hydrogen) atoms. The lowest BCUT2D eigenvalue weighted by atomic mass is 9.93. The summed E-state index contributed by atoms with van der Waals surface area (Å²) in [5.41, 5.74) is 0. The molecule has 10 fully saturated rings. The number of nitrogens with one attached hydrogen (secondary N) is 4. The maximum Gasteiger partial charge on any atom is 0.217 e. The maximum absolute atomic E-state index is 13.2. The molecule has 49 atom stereocenters. The lowest BCUT2D eigenvalue weighted by Crippen LogP contribution is -2.71. The van der Waals surface area contributed by atoms with Crippen LogP contribution in [0.3, 0.4) is 0 Å². The van der Waals surface area contributed by atoms with E-state index in [1.165, 1.54) is 0 Å². The van der Waals surface area contributed by atoms with Gasteiger partial charge in [0.15, 0.2) is 62.9 Å². The van der Waals surface area contributed by atoms with Gasteiger partial charge in [-0.25, -0.2) is 0 Å². The molecule has 0 saturated carbocycles. The molecule has 0 bridgehead atoms. The molecule has 0 aromatic carbocycles. The number of aliphatic hydroxyl groups excluding tert-OH is 27. The Morgan fingerprint density at radius 1 is 0.248 bits per heavy atom. The Labute approximate surface area is 684 Å². The summed E-state index contributed by atoms with van der Waals surface area (Å²) in [5.74, 6) is -3.77. The molecule has 54 nitrogen and oxygen atoms in total. The predicted octanol–water partition coefficient (Wildman–Crippen LogP) is -21.6. The largest absolute Gasteiger partial charge is 0.394 e. The monoisotopic (exact) mass is 1770 g/mol. The highest BCUT2D eigenvalue weighted by atomic mass is 16.8. The summed E-state index contributed by atoms with van der Waals surface area (Å²) < 4.78 is 114. The molecule has 4 amide bonds. The second-order valence-corrected chi connectivity index (χ2v) is 30.5. The zero-order valence-electron chi connectivity index (χ0n) is 64.8. The second-order valence-electron chi connectivity index (χ2n) is 30.5. The fourth-order valence-corrected chi connectivity index (χ4v) is 15.6. The molecule has 0 aromatic heterocycles. The predicted molar refractivity (Wildman–Crippen MR) is 370 cm³/mol. The Kier molecular flexibility index (Phi) is 35.6. The summed E-state index contributed by atoms with van der Waals surface area (Å²) in [4.78, 5) is 51.6. The number of amides is 4. The van der Waals surface area contributed by atoms with Crippen LogP contribution >= 0.6 is 0 Å². The lowest BCUT2D eigenvalue weighted by molar-refractivity contribution is -0.412. The van der Waals surface area contributed by atoms with Crippen LogP contribution in [0.15, 0.2) is 0 Å². The fraction of sp³-hybridized carbons (Fsp3) is 0.940. The van der Waals surface area contributed by atoms with E-state index in [0.717, 1.165) is 27.7 Å². The molecule has 700 valence electrons. The lowest BCUT2D eigenvalue weighted by Gasteiger charge is -2.52. The van der Waals surface area contributed by atoms with E-state index >= 15 is 0 Å². The first-order valence-electron chi connectivity index (χ1n) is 38.6. The van der Waals surface area contributed by atoms with Crippen LogP contribution in [0.4, 0.5) is 0 Å². The van der Waals surface area contributed by atoms with Crippen molar-refractivity contribution in [3.8, 4) is 0 Å². The Bertz CT molecular complexity index is 3250. The molecule has 0 radical (unpaired) electrons. The van der Waals surface area contributed by atoms with Crippen molar-refractivity contribution in [1.82, 2.24) is 21.3 Å². The summed E-state index contributed by atoms with van der Waals surface area (Å²) in [6, 6.07) is -7.69. The van der Waals surface area contributed by atoms with Gasteiger partial charge in [-0.3, -0.25) is 19.2 Å². The van der Waals surface area contributed by atoms with Crippen LogP contribution in [0, 0.1) is 0 Å². The molecule has 0 spiro atoms. The van der Waals surface area contributed by atoms with Crippen molar-refractivity contribution in [2.75, 3.05) is 66.1 Å². The maximum atomic E-state index is 13.2. The average Bonchev–Trinajstić information content (AvgIpc) is 0.772. The minimum absolute atomic E-state index is 0.817. The second kappa shape index (κ2) is 43.4. The topological polar surface area (TPSA) is 838 Å². The summed E-state index contributed by atoms with van der Waals surface area (Å²) in [6.45, 7) is -7.44. The molecule has 10 aliphatic rings. The molecule has 31 N–H and O–H groups in total. The first kappa shape index (κ1) is 99.2. The molecule has 0 unspecified atom stereocenters. The van der Waals surface area contributed by atoms with Crippen LogP contribution < -0.4 is 21.3 Å². The van der Waals surface area contributed by atoms with E-state index in [2.05, 4.69) is 21.3 Å². The third-order valence-corrected chi connectivity index (χ3v) is 22.1. The van der Waals surface area contributed by atoms with Gasteiger partial charge in [-0.2, -0.15) is 0 Å². The molecule has 10 aliphatic heterocycles. The Hall–Kier alpha value is -3.96. The van der Waals surface area contributed by atoms with Crippen LogP contribution in [0.25, 0.3) is 0 Å². The fourth-order valence-electron chi connectivity index (χ4n) is 15.6. The Morgan fingerprint density at radius 2 is 0.521 bits per heavy atom. The SMILES string of the molecule is CC(=O)N[C@@H]1[C@@H](O)[C@H](O[C@@H]2O[C@H](CO)[C@@H](O[C@@H]3O[C@H](CO[C@H]4O[C@H](CO)[C@@H](O)[C@H](O)[C@@H]4O[C@@H]4O[C@H](CO)[C@@H](O[C@@H]5O[C@H](CO)[C@H](O)[C@H](O)[C@H]5O)[C@H](O)[C@H]4NC(C)=O)[C@@H](O)[C@H](O[C@H]4O[C@H](CO)[C@@H](O)[C@H](O)[C@@H]4O[C@@H]4O[C@H](CO)[C@@H](O[C@@H]5O[C@H](CO)[C@H](O)[C@H](O)[C@H]5O)[C@H](O)[C@H]4NC(C)=O)[C@@H]3O[C@@H]3OC[C@@H](O)[C@H](O)[C@H]3O)[C@H](O)[C@H]2NC(C)=O)[C@@H](CO)O[C@H]1O. The van der Waals surface area contributed by atoms with Gasteiger partial charge in [0.25, 0.3) is 0 Å². The standard InChI is InChI=1S/C67H112N4O50/c1-15(80)68-29-39(91)50(24(9-76)105-58(29)102)114-59-30(69-16(2)81)42(94)53(27(12-79)110-59)117-67-57(121-62-47(99)33(85)19(84)13-103-62)54(118-66-56(46(98)37(89)23(8-75)109-66)120-61-32(71-18(4)83)41(93)52(26(11-78)112-61)116-64-49(101)44(96)35(87)21(6-73)107-64)38(90)28(113-67)14-104-65-55(45(97)36(88)22(7-74)108-65)119-60-31(70-17(3)82)40(92)51(25(10-77)111-60)115-63-48(100)43(95)34(86)20(5-72)106-63/h19-67,72-79,84-102H,5-14H2,1-4H3,(H,68,80)(H,69,81)(H,70,82)(H,71,83)/t19-,20-,21-,22-,23-,24-,25-,26-,27-,28-,29-,30-,31-,32-,33+,34+,35+,36-,37-,38-,39-,40-,41-,42-,43+,44+,45+,46+,47-,48-,49-,50-,51-,52-,53-,54+,55+,56+,57+,58-,59+,60+,61+,62+,63+,64+,65+,66-,67+/m1/s1. The van der Waals surface area contributed by atoms with Crippen molar-refractivity contribution in [1.29, 1.82) is 0 Å². The van der Waals surface area contributed by atoms with Gasteiger partial charge in [0, 0.05) is 27.7 Å². The summed E-state index contributed by atoms with van der Waals surface area (Å²) in [5, 5.41) is 311. The number of hydrogen-bond donors (Lipinski definition) is 31. The zero-order valence-corrected chi connectivity index (χ0v) is 64.8. The zero-order chi connectivity index (χ0) is 88.9. The van der Waals surface area contributed by atoms with Gasteiger partial charge >= 0.3 is 0 Å². The van der Waals surface area contributed by atoms with Crippen molar-refractivity contribution in [3.63, 3.8) is 0 Å². The van der Waals surface area contributed by atoms with Gasteiger partial charge < -0.3 is 249 Å². The van der Waals surface area contributed by atoms with Gasteiger partial charge in [-0.1, -0.05) is 0 Å². The van der Waals surface area contributed by atoms with Crippen molar-refractivity contribution in [3.05, 3.63) is 0 Å². The summed E-state index contributed by atoms with van der Waals surface area (Å²) in [6.07, 6.45) is -96.5. The van der Waals surface area contributed by atoms with Crippen molar-refractivity contribution in [2.24, 2.45) is 0 Å². The first-order chi connectivity index (χ1) is 57.3. The number of carbonyl (C=O) groups excluding carboxylic acids is 4. The molecular formula is C67H112N4O50. The number of carbonyl (C=O) groups is 4. The van der Waals surface area contributed by atoms with E-state index < -0.39 is 390 Å². The van der Waals surface area contributed by atoms with E-state index in [9.17, 15) is 157 Å². The normalized spacial score (nSPS) is 49.4. The molecule has 0 aliphatic carbocycles. The quantitative estimate of drug-likeness (QED) is 0.0306. The van der Waals surface area contributed by atoms with Crippen LogP contribution in [-0.4, -0.2) is 528 Å². The molecule has 10 saturated heterocycles. The van der Waals surface area contributed by atoms with E-state index in [0.29, 0.717) is 0 Å². The van der Waals surface area contributed by atoms with Gasteiger partial charge in [0.1, 0.15) is 238 Å². The Morgan fingerprint density at radius 3 is 0.909 bits per heavy atom. The number of aliphatic hydroxyl groups is 27. The number of ether oxygens (including phenoxy) is 19. The number of rotatable bonds is 31. The highest BCUT2D eigenvalue weighted by Crippen LogP contribution is 2.42. The van der Waals surface area contributed by atoms with Crippen LogP contribution in [-0.2, 0) is 109 Å². The molecule has 10 rings (SSSR count). The van der Waals surface area contributed by atoms with E-state index in [1.807, 2.05) is 0 Å². The first-order valence-corrected chi connectivity index (χ1v) is 38.6. The van der Waals surface area contributed by atoms with Crippen LogP contribution in [0.2, 0.25) is 0 Å². The third kappa shape index (κ3) is 22.0. The summed E-state index contributed by atoms with van der Waals surface area (Å²) in [7, 11) is 0. The average molecular weight is 1770 g/mol. The van der Waals surface area contributed by atoms with E-state index in [1.54, 1.807) is 0 Å². The van der Waals surface area contributed by atoms with Crippen LogP contribution in [0.5, 0.6) is 0 Å². The van der Waals surface area contributed by atoms with Crippen molar-refractivity contribution < 1.29 is 247 Å². The van der Waals surface area contributed by atoms with E-state index in [4.69, 9.17) is 90.0 Å². The molecule has 10 heterocycles. The van der Waals surface area contributed by atoms with E-state index in [-0.39, 0.29) is 0 Å². The van der Waals surface area contributed by atoms with Crippen LogP contribution in [0.1, 0.15) is 27.7 Å². The molecule has 54 heteroatoms. The van der Waals surface area contributed by atoms with Gasteiger partial charge in [-0.05, 0) is 0 Å². The summed E-state index contributed by atoms with van der Waals surface area (Å²) >= 11 is 0. The molecular weight excluding hydrogens is 1660 g/mol. The van der Waals surface area contributed by atoms with Gasteiger partial charge in [0.2, 0.25) is 23.6 Å². The van der Waals surface area contributed by atoms with Crippen molar-refractivity contribution >= 4 is 23.6 Å². The van der Waals surface area contributed by atoms with Gasteiger partial charge in [0.05, 0.1) is 66.1 Å². The van der Waals surface area contributed by atoms with Crippen molar-refractivity contribution in [2.45, 2.75) is 328 Å². The number of hydrogen-bond acceptors (Lipinski definition) is 50. The highest BCUT2D eigenvalue weighted by molar-refractivity contribution is 5.74. The Balaban J connectivity index is 1.05. The third-order valence-electron chi connectivity index (χ3n) is 22.1. The molecule has 0 aromatic rings.